The van der Waals surface area contributed by atoms with Gasteiger partial charge in [0.1, 0.15) is 0 Å². The average molecular weight is 493 g/mol. The lowest BCUT2D eigenvalue weighted by atomic mass is 10.0. The van der Waals surface area contributed by atoms with Crippen LogP contribution < -0.4 is 0 Å². The molecule has 1 N–H and O–H groups in total. The van der Waals surface area contributed by atoms with Gasteiger partial charge in [-0.1, -0.05) is 23.7 Å². The van der Waals surface area contributed by atoms with Crippen LogP contribution in [0.1, 0.15) is 35.4 Å². The van der Waals surface area contributed by atoms with E-state index >= 15 is 0 Å². The van der Waals surface area contributed by atoms with Gasteiger partial charge < -0.3 is 10.0 Å². The fourth-order valence-electron chi connectivity index (χ4n) is 4.44. The van der Waals surface area contributed by atoms with E-state index in [1.54, 1.807) is 0 Å². The zero-order valence-corrected chi connectivity index (χ0v) is 19.7. The maximum absolute atomic E-state index is 12.4. The van der Waals surface area contributed by atoms with E-state index in [2.05, 4.69) is 22.2 Å². The summed E-state index contributed by atoms with van der Waals surface area (Å²) in [5.41, 5.74) is 4.50. The standard InChI is InChI=1S/C25H21ClN4O3S/c26-19-5-4-16(20(9-19)15-2-3-15)13-30-21-6-1-14(7-17(21)10-27-30)8-22-23(31)28-25(34-22)29-11-18(12-29)24(32)33/h1,4-10,15,18H,2-3,11-13H2,(H,32,33)/b22-8-. The van der Waals surface area contributed by atoms with E-state index in [9.17, 15) is 9.59 Å². The smallest absolute Gasteiger partial charge is 0.310 e. The Balaban J connectivity index is 1.20. The summed E-state index contributed by atoms with van der Waals surface area (Å²) in [5.74, 6) is -0.882. The van der Waals surface area contributed by atoms with Gasteiger partial charge in [0.15, 0.2) is 5.17 Å². The molecule has 0 spiro atoms. The molecule has 1 amide bonds. The van der Waals surface area contributed by atoms with Crippen LogP contribution in [0.15, 0.2) is 52.5 Å². The van der Waals surface area contributed by atoms with Gasteiger partial charge in [-0.15, -0.1) is 0 Å². The van der Waals surface area contributed by atoms with Crippen molar-refractivity contribution < 1.29 is 14.7 Å². The van der Waals surface area contributed by atoms with Gasteiger partial charge in [-0.2, -0.15) is 10.1 Å². The second-order valence-corrected chi connectivity index (χ2v) is 10.4. The molecule has 1 saturated heterocycles. The molecule has 0 bridgehead atoms. The molecule has 0 radical (unpaired) electrons. The van der Waals surface area contributed by atoms with Crippen molar-refractivity contribution in [1.82, 2.24) is 14.7 Å². The third-order valence-corrected chi connectivity index (χ3v) is 7.80. The van der Waals surface area contributed by atoms with Gasteiger partial charge in [0.2, 0.25) is 0 Å². The lowest BCUT2D eigenvalue weighted by Gasteiger charge is -2.37. The zero-order valence-electron chi connectivity index (χ0n) is 18.1. The van der Waals surface area contributed by atoms with Gasteiger partial charge in [-0.3, -0.25) is 14.3 Å². The number of carboxylic acids is 1. The van der Waals surface area contributed by atoms with Crippen LogP contribution in [0, 0.1) is 5.92 Å². The molecule has 34 heavy (non-hydrogen) atoms. The highest BCUT2D eigenvalue weighted by atomic mass is 35.5. The fraction of sp³-hybridized carbons (Fsp3) is 0.280. The van der Waals surface area contributed by atoms with Crippen LogP contribution >= 0.6 is 23.4 Å². The molecule has 3 heterocycles. The van der Waals surface area contributed by atoms with Crippen molar-refractivity contribution in [3.63, 3.8) is 0 Å². The first-order valence-corrected chi connectivity index (χ1v) is 12.4. The third kappa shape index (κ3) is 4.01. The molecule has 2 fully saturated rings. The molecule has 2 aromatic carbocycles. The van der Waals surface area contributed by atoms with Gasteiger partial charge in [0, 0.05) is 23.5 Å². The van der Waals surface area contributed by atoms with E-state index < -0.39 is 11.9 Å². The van der Waals surface area contributed by atoms with Crippen molar-refractivity contribution in [1.29, 1.82) is 0 Å². The minimum absolute atomic E-state index is 0.287. The number of benzene rings is 2. The normalized spacial score (nSPS) is 19.7. The molecule has 1 saturated carbocycles. The first-order valence-electron chi connectivity index (χ1n) is 11.2. The van der Waals surface area contributed by atoms with Gasteiger partial charge in [-0.05, 0) is 77.6 Å². The number of rotatable bonds is 5. The lowest BCUT2D eigenvalue weighted by Crippen LogP contribution is -2.51. The summed E-state index contributed by atoms with van der Waals surface area (Å²) in [5, 5.41) is 16.0. The number of carbonyl (C=O) groups excluding carboxylic acids is 1. The molecule has 6 rings (SSSR count). The number of halogens is 1. The van der Waals surface area contributed by atoms with Gasteiger partial charge >= 0.3 is 5.97 Å². The molecule has 7 nitrogen and oxygen atoms in total. The minimum atomic E-state index is -0.810. The molecule has 9 heteroatoms. The molecule has 2 aliphatic heterocycles. The fourth-order valence-corrected chi connectivity index (χ4v) is 5.55. The summed E-state index contributed by atoms with van der Waals surface area (Å²) in [6, 6.07) is 12.1. The Labute approximate surface area is 205 Å². The number of nitrogens with zero attached hydrogens (tertiary/aromatic N) is 4. The molecule has 0 unspecified atom stereocenters. The molecular weight excluding hydrogens is 472 g/mol. The Morgan fingerprint density at radius 3 is 2.79 bits per heavy atom. The van der Waals surface area contributed by atoms with E-state index in [-0.39, 0.29) is 5.91 Å². The largest absolute Gasteiger partial charge is 0.481 e. The van der Waals surface area contributed by atoms with Gasteiger partial charge in [-0.25, -0.2) is 0 Å². The molecule has 1 aliphatic carbocycles. The number of amides is 1. The van der Waals surface area contributed by atoms with Crippen LogP contribution in [0.2, 0.25) is 5.02 Å². The molecule has 1 aromatic heterocycles. The number of fused-ring (bicyclic) bond motifs is 1. The number of hydrogen-bond donors (Lipinski definition) is 1. The maximum atomic E-state index is 12.4. The molecule has 0 atom stereocenters. The number of carboxylic acid groups (broad SMARTS) is 1. The van der Waals surface area contributed by atoms with Crippen molar-refractivity contribution in [2.45, 2.75) is 25.3 Å². The maximum Gasteiger partial charge on any atom is 0.310 e. The summed E-state index contributed by atoms with van der Waals surface area (Å²) >= 11 is 7.53. The number of amidine groups is 1. The predicted molar refractivity (Wildman–Crippen MR) is 133 cm³/mol. The number of aliphatic imine (C=N–C) groups is 1. The Morgan fingerprint density at radius 2 is 2.03 bits per heavy atom. The Kier molecular flexibility index (Phi) is 5.22. The summed E-state index contributed by atoms with van der Waals surface area (Å²) in [4.78, 5) is 29.9. The van der Waals surface area contributed by atoms with E-state index in [1.807, 2.05) is 46.1 Å². The highest BCUT2D eigenvalue weighted by Crippen LogP contribution is 2.43. The van der Waals surface area contributed by atoms with Crippen LogP contribution in [0.5, 0.6) is 0 Å². The van der Waals surface area contributed by atoms with Gasteiger partial charge in [0.05, 0.1) is 29.1 Å². The third-order valence-electron chi connectivity index (χ3n) is 6.52. The Bertz CT molecular complexity index is 1400. The summed E-state index contributed by atoms with van der Waals surface area (Å²) in [6.45, 7) is 1.47. The topological polar surface area (TPSA) is 87.8 Å². The van der Waals surface area contributed by atoms with Crippen LogP contribution in [-0.4, -0.2) is 49.9 Å². The highest BCUT2D eigenvalue weighted by Gasteiger charge is 2.37. The van der Waals surface area contributed by atoms with Crippen molar-refractivity contribution in [2.24, 2.45) is 10.9 Å². The Hall–Kier alpha value is -3.10. The van der Waals surface area contributed by atoms with Crippen LogP contribution in [0.3, 0.4) is 0 Å². The van der Waals surface area contributed by atoms with Crippen molar-refractivity contribution in [3.8, 4) is 0 Å². The number of thioether (sulfide) groups is 1. The van der Waals surface area contributed by atoms with Crippen LogP contribution in [-0.2, 0) is 16.1 Å². The SMILES string of the molecule is O=C1N=C(N2CC(C(=O)O)C2)S/C1=C\c1ccc2c(cnn2Cc2ccc(Cl)cc2C2CC2)c1. The number of aromatic nitrogens is 2. The summed E-state index contributed by atoms with van der Waals surface area (Å²) in [7, 11) is 0. The summed E-state index contributed by atoms with van der Waals surface area (Å²) < 4.78 is 2.00. The quantitative estimate of drug-likeness (QED) is 0.524. The second-order valence-electron chi connectivity index (χ2n) is 8.99. The number of aliphatic carboxylic acids is 1. The predicted octanol–water partition coefficient (Wildman–Crippen LogP) is 4.60. The molecular formula is C25H21ClN4O3S. The Morgan fingerprint density at radius 1 is 1.21 bits per heavy atom. The number of likely N-dealkylation sites (tertiary alicyclic amines) is 1. The van der Waals surface area contributed by atoms with E-state index in [0.717, 1.165) is 21.5 Å². The second kappa shape index (κ2) is 8.29. The number of carbonyl (C=O) groups is 2. The van der Waals surface area contributed by atoms with Crippen molar-refractivity contribution >= 4 is 57.4 Å². The van der Waals surface area contributed by atoms with Crippen LogP contribution in [0.25, 0.3) is 17.0 Å². The monoisotopic (exact) mass is 492 g/mol. The first-order chi connectivity index (χ1) is 16.4. The highest BCUT2D eigenvalue weighted by molar-refractivity contribution is 8.18. The van der Waals surface area contributed by atoms with Crippen molar-refractivity contribution in [2.75, 3.05) is 13.1 Å². The zero-order chi connectivity index (χ0) is 23.4. The van der Waals surface area contributed by atoms with Crippen LogP contribution in [0.4, 0.5) is 0 Å². The van der Waals surface area contributed by atoms with E-state index in [4.69, 9.17) is 16.7 Å². The van der Waals surface area contributed by atoms with Crippen molar-refractivity contribution in [3.05, 3.63) is 69.2 Å². The van der Waals surface area contributed by atoms with E-state index in [1.165, 1.54) is 35.7 Å². The molecule has 3 aromatic rings. The molecule has 172 valence electrons. The average Bonchev–Trinajstić information content (AvgIpc) is 3.46. The number of hydrogen-bond acceptors (Lipinski definition) is 5. The van der Waals surface area contributed by atoms with E-state index in [0.29, 0.717) is 35.6 Å². The van der Waals surface area contributed by atoms with Gasteiger partial charge in [0.25, 0.3) is 5.91 Å². The summed E-state index contributed by atoms with van der Waals surface area (Å²) in [6.07, 6.45) is 6.11. The first kappa shape index (κ1) is 21.4. The lowest BCUT2D eigenvalue weighted by molar-refractivity contribution is -0.145. The minimum Gasteiger partial charge on any atom is -0.481 e. The molecule has 3 aliphatic rings.